The van der Waals surface area contributed by atoms with Crippen molar-refractivity contribution in [1.29, 1.82) is 0 Å². The van der Waals surface area contributed by atoms with Crippen LogP contribution in [0.5, 0.6) is 0 Å². The minimum absolute atomic E-state index is 0.0662. The average Bonchev–Trinajstić information content (AvgIpc) is 2.97. The zero-order valence-corrected chi connectivity index (χ0v) is 16.2. The molecule has 154 valence electrons. The molecule has 29 heavy (non-hydrogen) atoms. The lowest BCUT2D eigenvalue weighted by Crippen LogP contribution is -2.63. The summed E-state index contributed by atoms with van der Waals surface area (Å²) in [5, 5.41) is 10.1. The van der Waals surface area contributed by atoms with Gasteiger partial charge in [-0.1, -0.05) is 49.6 Å². The number of carbonyl (C=O) groups is 3. The number of amides is 1. The first-order valence-electron chi connectivity index (χ1n) is 10.2. The number of hydrogen-bond donors (Lipinski definition) is 1. The van der Waals surface area contributed by atoms with E-state index in [1.54, 1.807) is 0 Å². The summed E-state index contributed by atoms with van der Waals surface area (Å²) in [5.74, 6) is -1.57. The molecule has 3 aliphatic rings. The molecule has 7 nitrogen and oxygen atoms in total. The molecule has 2 atom stereocenters. The highest BCUT2D eigenvalue weighted by atomic mass is 16.5. The lowest BCUT2D eigenvalue weighted by atomic mass is 9.85. The Labute approximate surface area is 169 Å². The van der Waals surface area contributed by atoms with E-state index in [0.29, 0.717) is 0 Å². The quantitative estimate of drug-likeness (QED) is 0.584. The monoisotopic (exact) mass is 399 g/mol. The molecule has 1 amide bonds. The van der Waals surface area contributed by atoms with Gasteiger partial charge in [0.2, 0.25) is 11.4 Å². The Balaban J connectivity index is 1.55. The van der Waals surface area contributed by atoms with E-state index in [4.69, 9.17) is 9.47 Å². The van der Waals surface area contributed by atoms with Crippen LogP contribution in [0.1, 0.15) is 44.1 Å². The number of rotatable bonds is 6. The summed E-state index contributed by atoms with van der Waals surface area (Å²) in [6.45, 7) is -0.0662. The van der Waals surface area contributed by atoms with Gasteiger partial charge in [0, 0.05) is 6.42 Å². The van der Waals surface area contributed by atoms with Gasteiger partial charge < -0.3 is 14.6 Å². The number of nitrogens with zero attached hydrogens (tertiary/aromatic N) is 1. The topological polar surface area (TPSA) is 93.1 Å². The van der Waals surface area contributed by atoms with Crippen molar-refractivity contribution in [2.24, 2.45) is 5.92 Å². The molecular weight excluding hydrogens is 374 g/mol. The van der Waals surface area contributed by atoms with Crippen LogP contribution in [0.4, 0.5) is 0 Å². The van der Waals surface area contributed by atoms with Crippen LogP contribution < -0.4 is 0 Å². The van der Waals surface area contributed by atoms with Gasteiger partial charge >= 0.3 is 11.9 Å². The molecule has 1 aliphatic carbocycles. The molecule has 0 unspecified atom stereocenters. The Morgan fingerprint density at radius 2 is 1.93 bits per heavy atom. The highest BCUT2D eigenvalue weighted by molar-refractivity contribution is 5.94. The first-order valence-corrected chi connectivity index (χ1v) is 10.2. The molecule has 2 saturated heterocycles. The van der Waals surface area contributed by atoms with Crippen molar-refractivity contribution in [3.63, 3.8) is 0 Å². The highest BCUT2D eigenvalue weighted by Gasteiger charge is 2.64. The molecule has 0 spiro atoms. The molecule has 1 N–H and O–H groups in total. The van der Waals surface area contributed by atoms with E-state index in [1.807, 2.05) is 30.3 Å². The Hall–Kier alpha value is -2.83. The van der Waals surface area contributed by atoms with Gasteiger partial charge in [0.25, 0.3) is 0 Å². The molecule has 1 aromatic rings. The van der Waals surface area contributed by atoms with Gasteiger partial charge in [-0.2, -0.15) is 0 Å². The fraction of sp³-hybridized carbons (Fsp3) is 0.500. The van der Waals surface area contributed by atoms with Crippen LogP contribution in [0, 0.1) is 5.92 Å². The fourth-order valence-electron chi connectivity index (χ4n) is 4.52. The van der Waals surface area contributed by atoms with Gasteiger partial charge in [-0.3, -0.25) is 14.5 Å². The van der Waals surface area contributed by atoms with E-state index < -0.39 is 17.7 Å². The normalized spacial score (nSPS) is 27.9. The lowest BCUT2D eigenvalue weighted by molar-refractivity contribution is -0.170. The summed E-state index contributed by atoms with van der Waals surface area (Å²) in [6.07, 6.45) is 6.05. The van der Waals surface area contributed by atoms with Gasteiger partial charge in [-0.25, -0.2) is 4.79 Å². The molecule has 7 heteroatoms. The maximum Gasteiger partial charge on any atom is 0.338 e. The van der Waals surface area contributed by atoms with Crippen LogP contribution in [0.25, 0.3) is 0 Å². The number of carboxylic acids is 1. The second-order valence-electron chi connectivity index (χ2n) is 7.90. The number of ether oxygens (including phenoxy) is 2. The number of β-lactam (4-membered cyclic amide) rings is 1. The van der Waals surface area contributed by atoms with Crippen molar-refractivity contribution in [3.05, 3.63) is 47.7 Å². The smallest absolute Gasteiger partial charge is 0.338 e. The van der Waals surface area contributed by atoms with Crippen molar-refractivity contribution >= 4 is 17.8 Å². The molecule has 0 radical (unpaired) electrons. The highest BCUT2D eigenvalue weighted by Crippen LogP contribution is 2.46. The fourth-order valence-corrected chi connectivity index (χ4v) is 4.52. The van der Waals surface area contributed by atoms with E-state index >= 15 is 0 Å². The van der Waals surface area contributed by atoms with Gasteiger partial charge in [-0.05, 0) is 24.5 Å². The molecule has 2 aliphatic heterocycles. The summed E-state index contributed by atoms with van der Waals surface area (Å²) in [5.41, 5.74) is -0.831. The molecule has 4 rings (SSSR count). The summed E-state index contributed by atoms with van der Waals surface area (Å²) in [7, 11) is 0. The maximum absolute atomic E-state index is 12.4. The second kappa shape index (κ2) is 7.89. The van der Waals surface area contributed by atoms with Gasteiger partial charge in [0.1, 0.15) is 12.4 Å². The zero-order chi connectivity index (χ0) is 20.4. The summed E-state index contributed by atoms with van der Waals surface area (Å²) >= 11 is 0. The number of hydrogen-bond acceptors (Lipinski definition) is 5. The average molecular weight is 399 g/mol. The third-order valence-corrected chi connectivity index (χ3v) is 6.08. The standard InChI is InChI=1S/C22H25NO6/c24-18-13-19-23(18)22(21(26)27,14-15-7-3-1-4-8-15)17(29-19)11-12-28-20(25)16-9-5-2-6-10-16/h1,3-4,7-8,11,16,19H,2,5-6,9-10,12-14H2,(H,26,27)/b17-11-/t19-,22-/m1/s1. The number of aliphatic carboxylic acids is 1. The minimum atomic E-state index is -1.61. The Morgan fingerprint density at radius 3 is 2.59 bits per heavy atom. The Morgan fingerprint density at radius 1 is 1.21 bits per heavy atom. The molecule has 0 aromatic heterocycles. The van der Waals surface area contributed by atoms with Crippen LogP contribution in [0.3, 0.4) is 0 Å². The molecule has 2 heterocycles. The van der Waals surface area contributed by atoms with Gasteiger partial charge in [-0.15, -0.1) is 0 Å². The molecular formula is C22H25NO6. The zero-order valence-electron chi connectivity index (χ0n) is 16.2. The van der Waals surface area contributed by atoms with Crippen LogP contribution in [0.15, 0.2) is 42.2 Å². The van der Waals surface area contributed by atoms with Crippen LogP contribution in [0.2, 0.25) is 0 Å². The SMILES string of the molecule is O=C(OC/C=C1\O[C@@H]2CC(=O)N2[C@@]1(Cc1ccccc1)C(=O)O)C1CCCCC1. The van der Waals surface area contributed by atoms with Crippen molar-refractivity contribution in [3.8, 4) is 0 Å². The van der Waals surface area contributed by atoms with E-state index in [2.05, 4.69) is 0 Å². The van der Waals surface area contributed by atoms with Crippen molar-refractivity contribution < 1.29 is 29.0 Å². The third-order valence-electron chi connectivity index (χ3n) is 6.08. The Kier molecular flexibility index (Phi) is 5.30. The molecule has 1 saturated carbocycles. The Bertz CT molecular complexity index is 829. The number of carboxylic acid groups (broad SMARTS) is 1. The van der Waals surface area contributed by atoms with Gasteiger partial charge in [0.05, 0.1) is 12.3 Å². The lowest BCUT2D eigenvalue weighted by Gasteiger charge is -2.40. The minimum Gasteiger partial charge on any atom is -0.479 e. The van der Waals surface area contributed by atoms with Crippen molar-refractivity contribution in [2.75, 3.05) is 6.61 Å². The van der Waals surface area contributed by atoms with Gasteiger partial charge in [0.15, 0.2) is 6.23 Å². The number of esters is 1. The van der Waals surface area contributed by atoms with Crippen LogP contribution in [-0.2, 0) is 30.3 Å². The van der Waals surface area contributed by atoms with Crippen LogP contribution in [-0.4, -0.2) is 46.2 Å². The second-order valence-corrected chi connectivity index (χ2v) is 7.90. The summed E-state index contributed by atoms with van der Waals surface area (Å²) in [6, 6.07) is 9.14. The summed E-state index contributed by atoms with van der Waals surface area (Å²) in [4.78, 5) is 38.2. The van der Waals surface area contributed by atoms with E-state index in [-0.39, 0.29) is 43.0 Å². The van der Waals surface area contributed by atoms with Crippen molar-refractivity contribution in [1.82, 2.24) is 4.90 Å². The predicted octanol–water partition coefficient (Wildman–Crippen LogP) is 2.65. The molecule has 0 bridgehead atoms. The maximum atomic E-state index is 12.4. The third kappa shape index (κ3) is 3.50. The molecule has 3 fully saturated rings. The number of carbonyl (C=O) groups excluding carboxylic acids is 2. The van der Waals surface area contributed by atoms with E-state index in [9.17, 15) is 19.5 Å². The van der Waals surface area contributed by atoms with E-state index in [0.717, 1.165) is 37.7 Å². The number of benzene rings is 1. The summed E-state index contributed by atoms with van der Waals surface area (Å²) < 4.78 is 11.2. The largest absolute Gasteiger partial charge is 0.479 e. The predicted molar refractivity (Wildman–Crippen MR) is 102 cm³/mol. The van der Waals surface area contributed by atoms with E-state index in [1.165, 1.54) is 11.0 Å². The number of fused-ring (bicyclic) bond motifs is 1. The van der Waals surface area contributed by atoms with Crippen molar-refractivity contribution in [2.45, 2.75) is 56.7 Å². The first-order chi connectivity index (χ1) is 14.0. The molecule has 1 aromatic carbocycles. The van der Waals surface area contributed by atoms with Crippen LogP contribution >= 0.6 is 0 Å². The first kappa shape index (κ1) is 19.5.